The first-order valence-corrected chi connectivity index (χ1v) is 11.3. The van der Waals surface area contributed by atoms with E-state index in [1.807, 2.05) is 37.3 Å². The average molecular weight is 446 g/mol. The van der Waals surface area contributed by atoms with Crippen LogP contribution in [-0.4, -0.2) is 42.2 Å². The molecule has 0 spiro atoms. The molecule has 2 N–H and O–H groups in total. The number of piperidine rings is 1. The molecule has 2 aromatic carbocycles. The fraction of sp³-hybridized carbons (Fsp3) is 0.320. The van der Waals surface area contributed by atoms with Gasteiger partial charge in [-0.05, 0) is 62.6 Å². The van der Waals surface area contributed by atoms with Crippen LogP contribution < -0.4 is 25.0 Å². The van der Waals surface area contributed by atoms with Crippen molar-refractivity contribution in [1.82, 2.24) is 9.97 Å². The van der Waals surface area contributed by atoms with Gasteiger partial charge in [0.2, 0.25) is 5.95 Å². The largest absolute Gasteiger partial charge is 0.486 e. The number of anilines is 4. The number of aromatic nitrogens is 2. The lowest BCUT2D eigenvalue weighted by atomic mass is 10.1. The minimum atomic E-state index is -0.244. The Bertz CT molecular complexity index is 1140. The SMILES string of the molecule is Cc1cc(N2CCCCC2)nc(Nc2ccc(NC(=O)c3cccc4c3OCCO4)cc2)n1. The molecule has 0 radical (unpaired) electrons. The number of ether oxygens (including phenoxy) is 2. The Morgan fingerprint density at radius 2 is 1.70 bits per heavy atom. The van der Waals surface area contributed by atoms with Gasteiger partial charge >= 0.3 is 0 Å². The van der Waals surface area contributed by atoms with Crippen molar-refractivity contribution < 1.29 is 14.3 Å². The fourth-order valence-corrected chi connectivity index (χ4v) is 4.11. The zero-order chi connectivity index (χ0) is 22.6. The van der Waals surface area contributed by atoms with Crippen molar-refractivity contribution >= 4 is 29.0 Å². The molecule has 3 aromatic rings. The molecule has 0 aliphatic carbocycles. The van der Waals surface area contributed by atoms with Gasteiger partial charge in [0.1, 0.15) is 19.0 Å². The monoisotopic (exact) mass is 445 g/mol. The summed E-state index contributed by atoms with van der Waals surface area (Å²) < 4.78 is 11.2. The van der Waals surface area contributed by atoms with E-state index in [4.69, 9.17) is 14.5 Å². The maximum Gasteiger partial charge on any atom is 0.259 e. The van der Waals surface area contributed by atoms with Crippen molar-refractivity contribution in [3.63, 3.8) is 0 Å². The number of benzene rings is 2. The number of hydrogen-bond acceptors (Lipinski definition) is 7. The smallest absolute Gasteiger partial charge is 0.259 e. The van der Waals surface area contributed by atoms with Crippen molar-refractivity contribution in [3.8, 4) is 11.5 Å². The number of para-hydroxylation sites is 1. The second-order valence-electron chi connectivity index (χ2n) is 8.23. The molecule has 2 aliphatic rings. The number of rotatable bonds is 5. The highest BCUT2D eigenvalue weighted by Gasteiger charge is 2.20. The van der Waals surface area contributed by atoms with Crippen LogP contribution in [0.25, 0.3) is 0 Å². The van der Waals surface area contributed by atoms with Gasteiger partial charge in [-0.3, -0.25) is 4.79 Å². The van der Waals surface area contributed by atoms with Crippen LogP contribution in [0.4, 0.5) is 23.1 Å². The quantitative estimate of drug-likeness (QED) is 0.596. The molecular weight excluding hydrogens is 418 g/mol. The third-order valence-corrected chi connectivity index (χ3v) is 5.73. The lowest BCUT2D eigenvalue weighted by Crippen LogP contribution is -2.30. The Morgan fingerprint density at radius 3 is 2.52 bits per heavy atom. The molecular formula is C25H27N5O3. The van der Waals surface area contributed by atoms with E-state index in [0.29, 0.717) is 41.9 Å². The van der Waals surface area contributed by atoms with Gasteiger partial charge in [-0.2, -0.15) is 4.98 Å². The number of hydrogen-bond donors (Lipinski definition) is 2. The normalized spacial score (nSPS) is 15.1. The second kappa shape index (κ2) is 9.36. The van der Waals surface area contributed by atoms with Crippen molar-refractivity contribution in [2.75, 3.05) is 41.8 Å². The van der Waals surface area contributed by atoms with Crippen LogP contribution in [0.3, 0.4) is 0 Å². The van der Waals surface area contributed by atoms with Crippen LogP contribution in [0, 0.1) is 6.92 Å². The molecule has 0 unspecified atom stereocenters. The Balaban J connectivity index is 1.27. The van der Waals surface area contributed by atoms with E-state index in [9.17, 15) is 4.79 Å². The fourth-order valence-electron chi connectivity index (χ4n) is 4.11. The molecule has 1 fully saturated rings. The maximum atomic E-state index is 12.8. The zero-order valence-electron chi connectivity index (χ0n) is 18.6. The zero-order valence-corrected chi connectivity index (χ0v) is 18.6. The predicted molar refractivity (Wildman–Crippen MR) is 128 cm³/mol. The Hall–Kier alpha value is -3.81. The van der Waals surface area contributed by atoms with Gasteiger partial charge in [0, 0.05) is 36.2 Å². The van der Waals surface area contributed by atoms with E-state index >= 15 is 0 Å². The lowest BCUT2D eigenvalue weighted by Gasteiger charge is -2.28. The van der Waals surface area contributed by atoms with E-state index in [-0.39, 0.29) is 5.91 Å². The van der Waals surface area contributed by atoms with Crippen LogP contribution in [0.15, 0.2) is 48.5 Å². The van der Waals surface area contributed by atoms with E-state index in [2.05, 4.69) is 20.5 Å². The summed E-state index contributed by atoms with van der Waals surface area (Å²) >= 11 is 0. The molecule has 1 amide bonds. The first-order valence-electron chi connectivity index (χ1n) is 11.3. The van der Waals surface area contributed by atoms with Gasteiger partial charge in [-0.1, -0.05) is 6.07 Å². The van der Waals surface area contributed by atoms with E-state index in [0.717, 1.165) is 30.3 Å². The van der Waals surface area contributed by atoms with E-state index in [1.54, 1.807) is 18.2 Å². The summed E-state index contributed by atoms with van der Waals surface area (Å²) in [5, 5.41) is 6.20. The van der Waals surface area contributed by atoms with Crippen molar-refractivity contribution in [1.29, 1.82) is 0 Å². The van der Waals surface area contributed by atoms with Crippen molar-refractivity contribution in [2.24, 2.45) is 0 Å². The summed E-state index contributed by atoms with van der Waals surface area (Å²) in [7, 11) is 0. The molecule has 0 saturated carbocycles. The first-order chi connectivity index (χ1) is 16.2. The molecule has 8 heteroatoms. The Labute approximate surface area is 193 Å². The molecule has 2 aliphatic heterocycles. The number of fused-ring (bicyclic) bond motifs is 1. The summed E-state index contributed by atoms with van der Waals surface area (Å²) in [6.07, 6.45) is 3.68. The molecule has 0 bridgehead atoms. The van der Waals surface area contributed by atoms with Crippen molar-refractivity contribution in [3.05, 3.63) is 59.8 Å². The summed E-state index contributed by atoms with van der Waals surface area (Å²) in [5.41, 5.74) is 2.90. The summed E-state index contributed by atoms with van der Waals surface area (Å²) in [6, 6.07) is 14.8. The molecule has 0 atom stereocenters. The first kappa shape index (κ1) is 21.1. The average Bonchev–Trinajstić information content (AvgIpc) is 2.85. The molecule has 3 heterocycles. The molecule has 33 heavy (non-hydrogen) atoms. The standard InChI is InChI=1S/C25H27N5O3/c1-17-16-22(30-12-3-2-4-13-30)29-25(26-17)28-19-10-8-18(9-11-19)27-24(31)20-6-5-7-21-23(20)33-15-14-32-21/h5-11,16H,2-4,12-15H2,1H3,(H,27,31)(H,26,28,29). The van der Waals surface area contributed by atoms with Gasteiger partial charge in [-0.25, -0.2) is 4.98 Å². The molecule has 170 valence electrons. The van der Waals surface area contributed by atoms with Crippen LogP contribution in [0.2, 0.25) is 0 Å². The number of nitrogens with zero attached hydrogens (tertiary/aromatic N) is 3. The highest BCUT2D eigenvalue weighted by molar-refractivity contribution is 6.06. The number of nitrogens with one attached hydrogen (secondary N) is 2. The number of carbonyl (C=O) groups is 1. The van der Waals surface area contributed by atoms with Gasteiger partial charge in [0.15, 0.2) is 11.5 Å². The minimum absolute atomic E-state index is 0.244. The van der Waals surface area contributed by atoms with Gasteiger partial charge in [-0.15, -0.1) is 0 Å². The summed E-state index contributed by atoms with van der Waals surface area (Å²) in [6.45, 7) is 4.96. The van der Waals surface area contributed by atoms with Crippen LogP contribution in [0.5, 0.6) is 11.5 Å². The van der Waals surface area contributed by atoms with E-state index in [1.165, 1.54) is 19.3 Å². The maximum absolute atomic E-state index is 12.8. The van der Waals surface area contributed by atoms with Crippen molar-refractivity contribution in [2.45, 2.75) is 26.2 Å². The van der Waals surface area contributed by atoms with E-state index < -0.39 is 0 Å². The Morgan fingerprint density at radius 1 is 0.939 bits per heavy atom. The topological polar surface area (TPSA) is 88.6 Å². The van der Waals surface area contributed by atoms with Gasteiger partial charge in [0.05, 0.1) is 5.56 Å². The summed E-state index contributed by atoms with van der Waals surface area (Å²) in [5.74, 6) is 2.37. The number of carbonyl (C=O) groups excluding carboxylic acids is 1. The molecule has 1 aromatic heterocycles. The highest BCUT2D eigenvalue weighted by atomic mass is 16.6. The molecule has 5 rings (SSSR count). The predicted octanol–water partition coefficient (Wildman–Crippen LogP) is 4.54. The number of aryl methyl sites for hydroxylation is 1. The lowest BCUT2D eigenvalue weighted by molar-refractivity contribution is 0.101. The van der Waals surface area contributed by atoms with Crippen LogP contribution in [-0.2, 0) is 0 Å². The third-order valence-electron chi connectivity index (χ3n) is 5.73. The number of amides is 1. The molecule has 1 saturated heterocycles. The highest BCUT2D eigenvalue weighted by Crippen LogP contribution is 2.34. The second-order valence-corrected chi connectivity index (χ2v) is 8.23. The van der Waals surface area contributed by atoms with Gasteiger partial charge < -0.3 is 25.0 Å². The van der Waals surface area contributed by atoms with Gasteiger partial charge in [0.25, 0.3) is 5.91 Å². The third kappa shape index (κ3) is 4.84. The minimum Gasteiger partial charge on any atom is -0.486 e. The van der Waals surface area contributed by atoms with Crippen LogP contribution >= 0.6 is 0 Å². The Kier molecular flexibility index (Phi) is 5.97. The molecule has 8 nitrogen and oxygen atoms in total. The summed E-state index contributed by atoms with van der Waals surface area (Å²) in [4.78, 5) is 24.4. The van der Waals surface area contributed by atoms with Crippen LogP contribution in [0.1, 0.15) is 35.3 Å².